The van der Waals surface area contributed by atoms with Crippen LogP contribution in [0.15, 0.2) is 60.7 Å². The van der Waals surface area contributed by atoms with Crippen molar-refractivity contribution in [3.63, 3.8) is 0 Å². The van der Waals surface area contributed by atoms with Gasteiger partial charge in [0.1, 0.15) is 0 Å². The Kier molecular flexibility index (Phi) is 6.71. The van der Waals surface area contributed by atoms with E-state index in [4.69, 9.17) is 0 Å². The van der Waals surface area contributed by atoms with Crippen LogP contribution in [0, 0.1) is 0 Å². The van der Waals surface area contributed by atoms with Crippen molar-refractivity contribution in [3.8, 4) is 0 Å². The Labute approximate surface area is 131 Å². The van der Waals surface area contributed by atoms with Gasteiger partial charge in [0.2, 0.25) is 0 Å². The maximum Gasteiger partial charge on any atom is 0.189 e. The summed E-state index contributed by atoms with van der Waals surface area (Å²) in [4.78, 5) is 0. The molecule has 0 saturated heterocycles. The van der Waals surface area contributed by atoms with E-state index in [0.717, 1.165) is 0 Å². The van der Waals surface area contributed by atoms with Gasteiger partial charge in [0, 0.05) is 24.0 Å². The van der Waals surface area contributed by atoms with E-state index >= 15 is 0 Å². The third kappa shape index (κ3) is 5.24. The lowest BCUT2D eigenvalue weighted by Crippen LogP contribution is -2.23. The van der Waals surface area contributed by atoms with Gasteiger partial charge in [-0.15, -0.1) is 0 Å². The predicted molar refractivity (Wildman–Crippen MR) is 85.7 cm³/mol. The van der Waals surface area contributed by atoms with E-state index in [0.29, 0.717) is 24.0 Å². The van der Waals surface area contributed by atoms with Crippen molar-refractivity contribution in [1.29, 1.82) is 0 Å². The number of hydrogen-bond acceptors (Lipinski definition) is 4. The van der Waals surface area contributed by atoms with Crippen molar-refractivity contribution < 1.29 is 20.4 Å². The van der Waals surface area contributed by atoms with E-state index in [-0.39, 0.29) is 0 Å². The highest BCUT2D eigenvalue weighted by atomic mass is 16.5. The van der Waals surface area contributed by atoms with Gasteiger partial charge in [0.15, 0.2) is 11.6 Å². The van der Waals surface area contributed by atoms with Crippen molar-refractivity contribution in [2.75, 3.05) is 0 Å². The molecule has 0 saturated carbocycles. The molecule has 0 amide bonds. The van der Waals surface area contributed by atoms with E-state index in [9.17, 15) is 20.4 Å². The summed E-state index contributed by atoms with van der Waals surface area (Å²) < 4.78 is 0. The minimum Gasteiger partial charge on any atom is -0.362 e. The second kappa shape index (κ2) is 8.06. The quantitative estimate of drug-likeness (QED) is 0.654. The maximum atomic E-state index is 9.35. The third-order valence-corrected chi connectivity index (χ3v) is 3.46. The molecule has 0 spiro atoms. The molecule has 0 bridgehead atoms. The number of benzene rings is 2. The summed E-state index contributed by atoms with van der Waals surface area (Å²) in [6, 6.07) is 17.6. The molecule has 0 unspecified atom stereocenters. The molecular formula is C18H24O4. The number of rotatable bonds is 4. The maximum absolute atomic E-state index is 9.35. The molecule has 0 aliphatic carbocycles. The van der Waals surface area contributed by atoms with Gasteiger partial charge in [-0.1, -0.05) is 74.5 Å². The standard InChI is InChI=1S/2C9H12O2/c2*1-2-9(10,11)8-6-4-3-5-7-8/h2*3-7,10-11H,2H2,1H3. The van der Waals surface area contributed by atoms with Gasteiger partial charge in [-0.25, -0.2) is 0 Å². The first-order chi connectivity index (χ1) is 10.3. The van der Waals surface area contributed by atoms with Crippen molar-refractivity contribution >= 4 is 0 Å². The Morgan fingerprint density at radius 1 is 0.591 bits per heavy atom. The Morgan fingerprint density at radius 2 is 0.864 bits per heavy atom. The van der Waals surface area contributed by atoms with E-state index < -0.39 is 11.6 Å². The molecule has 0 fully saturated rings. The van der Waals surface area contributed by atoms with Crippen LogP contribution in [0.3, 0.4) is 0 Å². The fourth-order valence-electron chi connectivity index (χ4n) is 1.82. The van der Waals surface area contributed by atoms with Crippen molar-refractivity contribution in [2.24, 2.45) is 0 Å². The van der Waals surface area contributed by atoms with Crippen LogP contribution in [0.25, 0.3) is 0 Å². The SMILES string of the molecule is CCC(O)(O)c1ccccc1.CCC(O)(O)c1ccccc1. The zero-order valence-electron chi connectivity index (χ0n) is 13.0. The van der Waals surface area contributed by atoms with E-state index in [2.05, 4.69) is 0 Å². The summed E-state index contributed by atoms with van der Waals surface area (Å²) in [6.07, 6.45) is 0.605. The predicted octanol–water partition coefficient (Wildman–Crippen LogP) is 2.47. The molecule has 4 heteroatoms. The number of hydrogen-bond donors (Lipinski definition) is 4. The normalized spacial score (nSPS) is 11.5. The molecule has 2 rings (SSSR count). The summed E-state index contributed by atoms with van der Waals surface area (Å²) in [5.74, 6) is -3.33. The van der Waals surface area contributed by atoms with Gasteiger partial charge < -0.3 is 20.4 Å². The van der Waals surface area contributed by atoms with Crippen LogP contribution in [0.5, 0.6) is 0 Å². The Bertz CT molecular complexity index is 484. The van der Waals surface area contributed by atoms with Gasteiger partial charge in [0.05, 0.1) is 0 Å². The Balaban J connectivity index is 0.000000220. The first kappa shape index (κ1) is 18.3. The summed E-state index contributed by atoms with van der Waals surface area (Å²) in [5.41, 5.74) is 1.09. The lowest BCUT2D eigenvalue weighted by Gasteiger charge is -2.19. The molecule has 0 atom stereocenters. The lowest BCUT2D eigenvalue weighted by molar-refractivity contribution is -0.171. The van der Waals surface area contributed by atoms with E-state index in [1.54, 1.807) is 62.4 Å². The van der Waals surface area contributed by atoms with Gasteiger partial charge in [-0.05, 0) is 0 Å². The topological polar surface area (TPSA) is 80.9 Å². The fraction of sp³-hybridized carbons (Fsp3) is 0.333. The highest BCUT2D eigenvalue weighted by molar-refractivity contribution is 5.19. The molecule has 4 N–H and O–H groups in total. The van der Waals surface area contributed by atoms with Crippen LogP contribution in [0.4, 0.5) is 0 Å². The van der Waals surface area contributed by atoms with Gasteiger partial charge in [-0.3, -0.25) is 0 Å². The van der Waals surface area contributed by atoms with Gasteiger partial charge in [0.25, 0.3) is 0 Å². The molecule has 0 aromatic heterocycles. The van der Waals surface area contributed by atoms with Crippen LogP contribution < -0.4 is 0 Å². The minimum absolute atomic E-state index is 0.303. The lowest BCUT2D eigenvalue weighted by atomic mass is 10.0. The van der Waals surface area contributed by atoms with Gasteiger partial charge in [-0.2, -0.15) is 0 Å². The molecule has 22 heavy (non-hydrogen) atoms. The molecule has 2 aromatic carbocycles. The van der Waals surface area contributed by atoms with Crippen molar-refractivity contribution in [2.45, 2.75) is 38.3 Å². The van der Waals surface area contributed by atoms with E-state index in [1.807, 2.05) is 12.1 Å². The summed E-state index contributed by atoms with van der Waals surface area (Å²) >= 11 is 0. The van der Waals surface area contributed by atoms with Crippen LogP contribution in [-0.4, -0.2) is 20.4 Å². The summed E-state index contributed by atoms with van der Waals surface area (Å²) in [6.45, 7) is 3.46. The highest BCUT2D eigenvalue weighted by Crippen LogP contribution is 2.20. The molecule has 2 aromatic rings. The van der Waals surface area contributed by atoms with Crippen molar-refractivity contribution in [1.82, 2.24) is 0 Å². The van der Waals surface area contributed by atoms with Crippen LogP contribution >= 0.6 is 0 Å². The average molecular weight is 304 g/mol. The van der Waals surface area contributed by atoms with Gasteiger partial charge >= 0.3 is 0 Å². The van der Waals surface area contributed by atoms with Crippen LogP contribution in [0.2, 0.25) is 0 Å². The molecule has 0 aliphatic heterocycles. The number of aliphatic hydroxyl groups is 4. The minimum atomic E-state index is -1.67. The molecule has 0 heterocycles. The van der Waals surface area contributed by atoms with Crippen molar-refractivity contribution in [3.05, 3.63) is 71.8 Å². The largest absolute Gasteiger partial charge is 0.362 e. The first-order valence-corrected chi connectivity index (χ1v) is 7.34. The Morgan fingerprint density at radius 3 is 1.09 bits per heavy atom. The van der Waals surface area contributed by atoms with E-state index in [1.165, 1.54) is 0 Å². The van der Waals surface area contributed by atoms with Crippen LogP contribution in [-0.2, 0) is 11.6 Å². The second-order valence-electron chi connectivity index (χ2n) is 5.07. The first-order valence-electron chi connectivity index (χ1n) is 7.34. The summed E-state index contributed by atoms with van der Waals surface area (Å²) in [5, 5.41) is 37.4. The molecule has 4 nitrogen and oxygen atoms in total. The van der Waals surface area contributed by atoms with Crippen LogP contribution in [0.1, 0.15) is 37.8 Å². The highest BCUT2D eigenvalue weighted by Gasteiger charge is 2.22. The second-order valence-corrected chi connectivity index (χ2v) is 5.07. The molecule has 0 radical (unpaired) electrons. The third-order valence-electron chi connectivity index (χ3n) is 3.46. The summed E-state index contributed by atoms with van der Waals surface area (Å²) in [7, 11) is 0. The smallest absolute Gasteiger partial charge is 0.189 e. The zero-order valence-corrected chi connectivity index (χ0v) is 13.0. The fourth-order valence-corrected chi connectivity index (χ4v) is 1.82. The average Bonchev–Trinajstić information content (AvgIpc) is 2.57. The monoisotopic (exact) mass is 304 g/mol. The molecular weight excluding hydrogens is 280 g/mol. The molecule has 120 valence electrons. The molecule has 0 aliphatic rings. The zero-order chi connectivity index (χ0) is 16.6. The Hall–Kier alpha value is -1.72.